The van der Waals surface area contributed by atoms with Crippen LogP contribution in [0.2, 0.25) is 5.02 Å². The monoisotopic (exact) mass is 365 g/mol. The molecule has 4 aromatic rings. The summed E-state index contributed by atoms with van der Waals surface area (Å²) < 4.78 is 1.16. The minimum absolute atomic E-state index is 0.102. The zero-order valence-electron chi connectivity index (χ0n) is 13.3. The van der Waals surface area contributed by atoms with E-state index in [0.717, 1.165) is 10.1 Å². The van der Waals surface area contributed by atoms with E-state index in [1.54, 1.807) is 24.3 Å². The average Bonchev–Trinajstić information content (AvgIpc) is 3.06. The molecule has 0 aliphatic carbocycles. The van der Waals surface area contributed by atoms with Gasteiger partial charge in [-0.2, -0.15) is 9.50 Å². The second kappa shape index (κ2) is 6.45. The lowest BCUT2D eigenvalue weighted by Gasteiger charge is -2.02. The molecule has 0 aliphatic heterocycles. The zero-order valence-corrected chi connectivity index (χ0v) is 14.1. The summed E-state index contributed by atoms with van der Waals surface area (Å²) in [4.78, 5) is 33.2. The molecule has 8 heteroatoms. The van der Waals surface area contributed by atoms with Crippen molar-refractivity contribution >= 4 is 29.2 Å². The van der Waals surface area contributed by atoms with Crippen LogP contribution < -0.4 is 10.9 Å². The van der Waals surface area contributed by atoms with Crippen molar-refractivity contribution < 1.29 is 4.79 Å². The van der Waals surface area contributed by atoms with Crippen LogP contribution in [0.25, 0.3) is 17.0 Å². The van der Waals surface area contributed by atoms with Gasteiger partial charge in [0.05, 0.1) is 16.3 Å². The molecule has 0 aliphatic rings. The van der Waals surface area contributed by atoms with Gasteiger partial charge in [0, 0.05) is 11.6 Å². The normalized spacial score (nSPS) is 10.8. The van der Waals surface area contributed by atoms with Gasteiger partial charge in [-0.1, -0.05) is 54.1 Å². The summed E-state index contributed by atoms with van der Waals surface area (Å²) >= 11 is 6.02. The van der Waals surface area contributed by atoms with Gasteiger partial charge in [-0.3, -0.25) is 20.0 Å². The lowest BCUT2D eigenvalue weighted by Crippen LogP contribution is -2.16. The van der Waals surface area contributed by atoms with Crippen molar-refractivity contribution in [3.8, 4) is 11.3 Å². The van der Waals surface area contributed by atoms with Gasteiger partial charge in [-0.25, -0.2) is 4.98 Å². The molecule has 2 heterocycles. The first-order chi connectivity index (χ1) is 12.6. The molecule has 7 nitrogen and oxygen atoms in total. The second-order valence-electron chi connectivity index (χ2n) is 5.49. The summed E-state index contributed by atoms with van der Waals surface area (Å²) in [6.45, 7) is 0. The number of aromatic nitrogens is 4. The summed E-state index contributed by atoms with van der Waals surface area (Å²) in [6, 6.07) is 17.4. The standard InChI is InChI=1S/C18H12ClN5O2/c19-13-9-5-4-8-12(13)16(26)21-17-22-18-20-14(10-15(25)24(18)23-17)11-6-2-1-3-7-11/h1-10H,(H2,20,21,22,23,26). The summed E-state index contributed by atoms with van der Waals surface area (Å²) in [5, 5.41) is 5.63. The molecule has 1 amide bonds. The topological polar surface area (TPSA) is 92.2 Å². The van der Waals surface area contributed by atoms with E-state index in [-0.39, 0.29) is 17.3 Å². The number of nitrogens with zero attached hydrogens (tertiary/aromatic N) is 3. The van der Waals surface area contributed by atoms with E-state index in [1.165, 1.54) is 6.07 Å². The first-order valence-electron chi connectivity index (χ1n) is 7.73. The minimum atomic E-state index is -0.439. The van der Waals surface area contributed by atoms with Gasteiger partial charge >= 0.3 is 0 Å². The third-order valence-corrected chi connectivity index (χ3v) is 4.08. The molecule has 2 aromatic carbocycles. The molecular formula is C18H12ClN5O2. The van der Waals surface area contributed by atoms with Crippen LogP contribution >= 0.6 is 11.6 Å². The highest BCUT2D eigenvalue weighted by Gasteiger charge is 2.14. The first kappa shape index (κ1) is 16.0. The van der Waals surface area contributed by atoms with Crippen molar-refractivity contribution in [1.29, 1.82) is 0 Å². The van der Waals surface area contributed by atoms with Gasteiger partial charge in [0.2, 0.25) is 5.95 Å². The van der Waals surface area contributed by atoms with Crippen LogP contribution in [0, 0.1) is 0 Å². The fourth-order valence-electron chi connectivity index (χ4n) is 2.51. The first-order valence-corrected chi connectivity index (χ1v) is 8.11. The number of hydrogen-bond acceptors (Lipinski definition) is 4. The van der Waals surface area contributed by atoms with E-state index in [1.807, 2.05) is 30.3 Å². The van der Waals surface area contributed by atoms with Gasteiger partial charge < -0.3 is 0 Å². The Morgan fingerprint density at radius 1 is 1.04 bits per heavy atom. The van der Waals surface area contributed by atoms with E-state index < -0.39 is 5.91 Å². The van der Waals surface area contributed by atoms with Crippen LogP contribution in [-0.2, 0) is 0 Å². The molecule has 0 spiro atoms. The number of nitrogens with one attached hydrogen (secondary N) is 2. The highest BCUT2D eigenvalue weighted by Crippen LogP contribution is 2.17. The lowest BCUT2D eigenvalue weighted by atomic mass is 10.1. The fourth-order valence-corrected chi connectivity index (χ4v) is 2.74. The molecule has 0 saturated carbocycles. The Kier molecular flexibility index (Phi) is 3.98. The van der Waals surface area contributed by atoms with E-state index in [9.17, 15) is 9.59 Å². The Balaban J connectivity index is 1.70. The number of amides is 1. The second-order valence-corrected chi connectivity index (χ2v) is 5.89. The van der Waals surface area contributed by atoms with Crippen LogP contribution in [0.15, 0.2) is 65.5 Å². The number of anilines is 1. The predicted octanol–water partition coefficient (Wildman–Crippen LogP) is 2.99. The lowest BCUT2D eigenvalue weighted by molar-refractivity contribution is 0.102. The molecular weight excluding hydrogens is 354 g/mol. The molecule has 2 aromatic heterocycles. The Labute approximate surface area is 152 Å². The van der Waals surface area contributed by atoms with Gasteiger partial charge in [0.1, 0.15) is 0 Å². The minimum Gasteiger partial charge on any atom is -0.291 e. The van der Waals surface area contributed by atoms with Gasteiger partial charge in [0.15, 0.2) is 0 Å². The van der Waals surface area contributed by atoms with Crippen LogP contribution in [-0.4, -0.2) is 25.5 Å². The van der Waals surface area contributed by atoms with Crippen molar-refractivity contribution in [2.45, 2.75) is 0 Å². The van der Waals surface area contributed by atoms with Crippen molar-refractivity contribution in [2.75, 3.05) is 5.32 Å². The Hall–Kier alpha value is -3.45. The highest BCUT2D eigenvalue weighted by atomic mass is 35.5. The molecule has 2 N–H and O–H groups in total. The fraction of sp³-hybridized carbons (Fsp3) is 0. The largest absolute Gasteiger partial charge is 0.291 e. The van der Waals surface area contributed by atoms with Crippen LogP contribution in [0.4, 0.5) is 5.95 Å². The number of rotatable bonds is 3. The maximum atomic E-state index is 12.3. The summed E-state index contributed by atoms with van der Waals surface area (Å²) in [5.41, 5.74) is 1.28. The number of fused-ring (bicyclic) bond motifs is 1. The van der Waals surface area contributed by atoms with E-state index in [0.29, 0.717) is 16.3 Å². The molecule has 26 heavy (non-hydrogen) atoms. The number of carbonyl (C=O) groups is 1. The molecule has 0 saturated heterocycles. The van der Waals surface area contributed by atoms with Crippen molar-refractivity contribution in [1.82, 2.24) is 19.6 Å². The summed E-state index contributed by atoms with van der Waals surface area (Å²) in [5.74, 6) is -0.179. The summed E-state index contributed by atoms with van der Waals surface area (Å²) in [7, 11) is 0. The van der Waals surface area contributed by atoms with Gasteiger partial charge in [-0.05, 0) is 12.1 Å². The molecule has 128 valence electrons. The predicted molar refractivity (Wildman–Crippen MR) is 98.4 cm³/mol. The molecule has 0 bridgehead atoms. The number of aromatic amines is 1. The third kappa shape index (κ3) is 2.96. The van der Waals surface area contributed by atoms with Gasteiger partial charge in [0.25, 0.3) is 17.2 Å². The zero-order chi connectivity index (χ0) is 18.1. The molecule has 0 atom stereocenters. The number of carbonyl (C=O) groups excluding carboxylic acids is 1. The number of benzene rings is 2. The number of halogens is 1. The third-order valence-electron chi connectivity index (χ3n) is 3.75. The van der Waals surface area contributed by atoms with E-state index in [4.69, 9.17) is 11.6 Å². The highest BCUT2D eigenvalue weighted by molar-refractivity contribution is 6.34. The van der Waals surface area contributed by atoms with Crippen LogP contribution in [0.5, 0.6) is 0 Å². The molecule has 0 fully saturated rings. The molecule has 0 radical (unpaired) electrons. The number of H-pyrrole nitrogens is 1. The Bertz CT molecular complexity index is 1170. The molecule has 4 rings (SSSR count). The SMILES string of the molecule is O=C(Nc1nc2nc(-c3ccccc3)cc(=O)n2[nH]1)c1ccccc1Cl. The maximum absolute atomic E-state index is 12.3. The smallest absolute Gasteiger partial charge is 0.274 e. The van der Waals surface area contributed by atoms with Crippen molar-refractivity contribution in [3.05, 3.63) is 81.6 Å². The van der Waals surface area contributed by atoms with Gasteiger partial charge in [-0.15, -0.1) is 0 Å². The number of hydrogen-bond donors (Lipinski definition) is 2. The Morgan fingerprint density at radius 2 is 1.77 bits per heavy atom. The van der Waals surface area contributed by atoms with Crippen LogP contribution in [0.1, 0.15) is 10.4 Å². The summed E-state index contributed by atoms with van der Waals surface area (Å²) in [6.07, 6.45) is 0. The van der Waals surface area contributed by atoms with Crippen molar-refractivity contribution in [2.24, 2.45) is 0 Å². The molecule has 0 unspecified atom stereocenters. The quantitative estimate of drug-likeness (QED) is 0.583. The van der Waals surface area contributed by atoms with Crippen molar-refractivity contribution in [3.63, 3.8) is 0 Å². The van der Waals surface area contributed by atoms with E-state index >= 15 is 0 Å². The van der Waals surface area contributed by atoms with Crippen LogP contribution in [0.3, 0.4) is 0 Å². The van der Waals surface area contributed by atoms with E-state index in [2.05, 4.69) is 20.4 Å². The average molecular weight is 366 g/mol. The Morgan fingerprint density at radius 3 is 2.54 bits per heavy atom. The maximum Gasteiger partial charge on any atom is 0.274 e.